The molecule has 1 heterocycles. The van der Waals surface area contributed by atoms with Crippen LogP contribution in [0.2, 0.25) is 15.1 Å². The number of nitrogens with one attached hydrogen (secondary N) is 1. The van der Waals surface area contributed by atoms with Gasteiger partial charge in [0.05, 0.1) is 15.1 Å². The van der Waals surface area contributed by atoms with Crippen molar-refractivity contribution >= 4 is 56.4 Å². The van der Waals surface area contributed by atoms with Gasteiger partial charge in [0.2, 0.25) is 10.0 Å². The molecular weight excluding hydrogens is 443 g/mol. The molecule has 0 spiro atoms. The standard InChI is InChI=1S/C19H19Cl3N2O3S/c20-15-8-6-14(12-17(15)22)23-19(25)13-5-7-16(21)18(11-13)28(26,27)24-9-3-1-2-4-10-24/h5-8,11-12H,1-4,9-10H2,(H,23,25). The molecule has 9 heteroatoms. The van der Waals surface area contributed by atoms with Crippen LogP contribution >= 0.6 is 34.8 Å². The fourth-order valence-electron chi connectivity index (χ4n) is 3.04. The van der Waals surface area contributed by atoms with Gasteiger partial charge >= 0.3 is 0 Å². The minimum absolute atomic E-state index is 0.0575. The number of carbonyl (C=O) groups is 1. The van der Waals surface area contributed by atoms with Crippen molar-refractivity contribution < 1.29 is 13.2 Å². The Morgan fingerprint density at radius 2 is 1.50 bits per heavy atom. The molecule has 3 rings (SSSR count). The summed E-state index contributed by atoms with van der Waals surface area (Å²) in [7, 11) is -3.77. The molecule has 0 atom stereocenters. The maximum Gasteiger partial charge on any atom is 0.255 e. The van der Waals surface area contributed by atoms with Crippen molar-refractivity contribution in [3.8, 4) is 0 Å². The molecule has 1 aliphatic heterocycles. The predicted molar refractivity (Wildman–Crippen MR) is 113 cm³/mol. The first-order valence-electron chi connectivity index (χ1n) is 8.85. The van der Waals surface area contributed by atoms with Gasteiger partial charge in [-0.2, -0.15) is 4.31 Å². The van der Waals surface area contributed by atoms with Crippen LogP contribution in [-0.4, -0.2) is 31.7 Å². The zero-order valence-electron chi connectivity index (χ0n) is 14.9. The minimum atomic E-state index is -3.77. The lowest BCUT2D eigenvalue weighted by Crippen LogP contribution is -2.32. The van der Waals surface area contributed by atoms with Crippen LogP contribution < -0.4 is 5.32 Å². The average Bonchev–Trinajstić information content (AvgIpc) is 2.95. The lowest BCUT2D eigenvalue weighted by atomic mass is 10.2. The van der Waals surface area contributed by atoms with Crippen LogP contribution in [-0.2, 0) is 10.0 Å². The number of hydrogen-bond donors (Lipinski definition) is 1. The van der Waals surface area contributed by atoms with Gasteiger partial charge in [0, 0.05) is 24.3 Å². The van der Waals surface area contributed by atoms with E-state index in [2.05, 4.69) is 5.32 Å². The third-order valence-electron chi connectivity index (χ3n) is 4.55. The van der Waals surface area contributed by atoms with Gasteiger partial charge in [0.25, 0.3) is 5.91 Å². The Hall–Kier alpha value is -1.31. The van der Waals surface area contributed by atoms with E-state index in [-0.39, 0.29) is 15.5 Å². The summed E-state index contributed by atoms with van der Waals surface area (Å²) in [5, 5.41) is 3.45. The predicted octanol–water partition coefficient (Wildman–Crippen LogP) is 5.46. The summed E-state index contributed by atoms with van der Waals surface area (Å²) in [6.45, 7) is 0.913. The maximum absolute atomic E-state index is 13.1. The molecule has 1 amide bonds. The number of benzene rings is 2. The topological polar surface area (TPSA) is 66.5 Å². The number of amides is 1. The van der Waals surface area contributed by atoms with Gasteiger partial charge in [-0.05, 0) is 49.2 Å². The fourth-order valence-corrected chi connectivity index (χ4v) is 5.36. The summed E-state index contributed by atoms with van der Waals surface area (Å²) in [6, 6.07) is 8.92. The molecule has 0 saturated carbocycles. The Morgan fingerprint density at radius 3 is 2.14 bits per heavy atom. The van der Waals surface area contributed by atoms with E-state index in [1.54, 1.807) is 12.1 Å². The molecule has 0 radical (unpaired) electrons. The highest BCUT2D eigenvalue weighted by molar-refractivity contribution is 7.89. The molecule has 0 aliphatic carbocycles. The minimum Gasteiger partial charge on any atom is -0.322 e. The van der Waals surface area contributed by atoms with Crippen LogP contribution in [0, 0.1) is 0 Å². The lowest BCUT2D eigenvalue weighted by Gasteiger charge is -2.21. The zero-order chi connectivity index (χ0) is 20.3. The van der Waals surface area contributed by atoms with Gasteiger partial charge in [-0.1, -0.05) is 47.6 Å². The molecule has 5 nitrogen and oxygen atoms in total. The van der Waals surface area contributed by atoms with Crippen LogP contribution in [0.1, 0.15) is 36.0 Å². The summed E-state index contributed by atoms with van der Waals surface area (Å²) < 4.78 is 27.6. The van der Waals surface area contributed by atoms with Gasteiger partial charge in [-0.15, -0.1) is 0 Å². The third-order valence-corrected chi connectivity index (χ3v) is 7.67. The summed E-state index contributed by atoms with van der Waals surface area (Å²) in [4.78, 5) is 12.5. The average molecular weight is 462 g/mol. The van der Waals surface area contributed by atoms with Crippen molar-refractivity contribution in [1.82, 2.24) is 4.31 Å². The molecule has 1 fully saturated rings. The van der Waals surface area contributed by atoms with E-state index in [4.69, 9.17) is 34.8 Å². The van der Waals surface area contributed by atoms with Gasteiger partial charge in [0.1, 0.15) is 4.90 Å². The molecule has 0 unspecified atom stereocenters. The van der Waals surface area contributed by atoms with E-state index < -0.39 is 15.9 Å². The number of rotatable bonds is 4. The normalized spacial score (nSPS) is 15.8. The van der Waals surface area contributed by atoms with Crippen molar-refractivity contribution in [2.75, 3.05) is 18.4 Å². The highest BCUT2D eigenvalue weighted by Gasteiger charge is 2.28. The van der Waals surface area contributed by atoms with Crippen LogP contribution in [0.15, 0.2) is 41.3 Å². The highest BCUT2D eigenvalue weighted by atomic mass is 35.5. The van der Waals surface area contributed by atoms with Gasteiger partial charge < -0.3 is 5.32 Å². The molecule has 0 aromatic heterocycles. The van der Waals surface area contributed by atoms with Crippen LogP contribution in [0.5, 0.6) is 0 Å². The Morgan fingerprint density at radius 1 is 0.857 bits per heavy atom. The molecule has 2 aromatic rings. The summed E-state index contributed by atoms with van der Waals surface area (Å²) in [6.07, 6.45) is 3.64. The Labute approximate surface area is 179 Å². The molecule has 1 aliphatic rings. The summed E-state index contributed by atoms with van der Waals surface area (Å²) in [5.41, 5.74) is 0.634. The Bertz CT molecular complexity index is 988. The number of sulfonamides is 1. The Balaban J connectivity index is 1.87. The number of anilines is 1. The van der Waals surface area contributed by atoms with E-state index in [0.29, 0.717) is 28.8 Å². The maximum atomic E-state index is 13.1. The summed E-state index contributed by atoms with van der Waals surface area (Å²) >= 11 is 18.0. The van der Waals surface area contributed by atoms with E-state index in [0.717, 1.165) is 25.7 Å². The fraction of sp³-hybridized carbons (Fsp3) is 0.316. The van der Waals surface area contributed by atoms with Crippen LogP contribution in [0.25, 0.3) is 0 Å². The summed E-state index contributed by atoms with van der Waals surface area (Å²) in [5.74, 6) is -0.470. The van der Waals surface area contributed by atoms with Crippen molar-refractivity contribution in [3.05, 3.63) is 57.0 Å². The lowest BCUT2D eigenvalue weighted by molar-refractivity contribution is 0.102. The largest absolute Gasteiger partial charge is 0.322 e. The second kappa shape index (κ2) is 9.01. The molecule has 0 bridgehead atoms. The quantitative estimate of drug-likeness (QED) is 0.657. The number of halogens is 3. The molecule has 1 N–H and O–H groups in total. The molecule has 150 valence electrons. The molecular formula is C19H19Cl3N2O3S. The van der Waals surface area contributed by atoms with Crippen molar-refractivity contribution in [1.29, 1.82) is 0 Å². The molecule has 2 aromatic carbocycles. The monoisotopic (exact) mass is 460 g/mol. The van der Waals surface area contributed by atoms with Gasteiger partial charge in [-0.25, -0.2) is 8.42 Å². The number of nitrogens with zero attached hydrogens (tertiary/aromatic N) is 1. The van der Waals surface area contributed by atoms with E-state index in [1.165, 1.54) is 28.6 Å². The first kappa shape index (κ1) is 21.4. The highest BCUT2D eigenvalue weighted by Crippen LogP contribution is 2.29. The van der Waals surface area contributed by atoms with E-state index in [9.17, 15) is 13.2 Å². The van der Waals surface area contributed by atoms with Crippen LogP contribution in [0.4, 0.5) is 5.69 Å². The number of carbonyl (C=O) groups excluding carboxylic acids is 1. The zero-order valence-corrected chi connectivity index (χ0v) is 18.0. The van der Waals surface area contributed by atoms with Gasteiger partial charge in [0.15, 0.2) is 0 Å². The second-order valence-corrected chi connectivity index (χ2v) is 9.67. The number of hydrogen-bond acceptors (Lipinski definition) is 3. The van der Waals surface area contributed by atoms with Gasteiger partial charge in [-0.3, -0.25) is 4.79 Å². The first-order valence-corrected chi connectivity index (χ1v) is 11.4. The molecule has 1 saturated heterocycles. The molecule has 28 heavy (non-hydrogen) atoms. The van der Waals surface area contributed by atoms with Crippen LogP contribution in [0.3, 0.4) is 0 Å². The Kier molecular flexibility index (Phi) is 6.89. The van der Waals surface area contributed by atoms with Crippen molar-refractivity contribution in [2.45, 2.75) is 30.6 Å². The first-order chi connectivity index (χ1) is 13.3. The smallest absolute Gasteiger partial charge is 0.255 e. The second-order valence-electron chi connectivity index (χ2n) is 6.55. The van der Waals surface area contributed by atoms with Crippen molar-refractivity contribution in [2.24, 2.45) is 0 Å². The van der Waals surface area contributed by atoms with Crippen molar-refractivity contribution in [3.63, 3.8) is 0 Å². The SMILES string of the molecule is O=C(Nc1ccc(Cl)c(Cl)c1)c1ccc(Cl)c(S(=O)(=O)N2CCCCCC2)c1. The third kappa shape index (κ3) is 4.81. The van der Waals surface area contributed by atoms with E-state index >= 15 is 0 Å². The van der Waals surface area contributed by atoms with E-state index in [1.807, 2.05) is 0 Å².